The Morgan fingerprint density at radius 3 is 1.84 bits per heavy atom. The van der Waals surface area contributed by atoms with E-state index in [1.807, 2.05) is 11.3 Å². The van der Waals surface area contributed by atoms with E-state index in [1.165, 1.54) is 19.3 Å². The predicted molar refractivity (Wildman–Crippen MR) is 155 cm³/mol. The van der Waals surface area contributed by atoms with Gasteiger partial charge in [-0.05, 0) is 31.5 Å². The molecule has 2 saturated heterocycles. The molecule has 23 nitrogen and oxygen atoms in total. The number of anilines is 5. The Labute approximate surface area is 248 Å². The average molecular weight is 617 g/mol. The van der Waals surface area contributed by atoms with E-state index < -0.39 is 5.69 Å². The molecule has 0 unspecified atom stereocenters. The summed E-state index contributed by atoms with van der Waals surface area (Å²) in [7, 11) is 0. The smallest absolute Gasteiger partial charge is 0.365 e. The molecule has 0 aliphatic carbocycles. The maximum atomic E-state index is 10.1. The largest absolute Gasteiger partial charge is 0.380 e. The van der Waals surface area contributed by atoms with Crippen molar-refractivity contribution in [3.05, 3.63) is 27.3 Å². The molecule has 0 aromatic carbocycles. The summed E-state index contributed by atoms with van der Waals surface area (Å²) in [5.41, 5.74) is 19.7. The van der Waals surface area contributed by atoms with Gasteiger partial charge >= 0.3 is 5.69 Å². The van der Waals surface area contributed by atoms with Crippen LogP contribution in [0.3, 0.4) is 0 Å². The molecule has 0 saturated carbocycles. The molecule has 4 aromatic heterocycles. The minimum absolute atomic E-state index is 0.0374. The molecule has 24 heteroatoms. The van der Waals surface area contributed by atoms with Crippen molar-refractivity contribution in [1.82, 2.24) is 81.7 Å². The minimum atomic E-state index is -0.598. The predicted octanol–water partition coefficient (Wildman–Crippen LogP) is -3.77. The summed E-state index contributed by atoms with van der Waals surface area (Å²) in [6.45, 7) is 6.35. The molecule has 4 aromatic rings. The number of piperidine rings is 1. The lowest BCUT2D eigenvalue weighted by Gasteiger charge is -2.29. The monoisotopic (exact) mass is 616 g/mol. The zero-order valence-corrected chi connectivity index (χ0v) is 23.8. The fraction of sp³-hybridized carbons (Fsp3) is 0.526. The third-order valence-electron chi connectivity index (χ3n) is 5.35. The summed E-state index contributed by atoms with van der Waals surface area (Å²) < 4.78 is 0.235. The number of rotatable bonds is 3. The van der Waals surface area contributed by atoms with Crippen LogP contribution in [0.15, 0.2) is 11.0 Å². The van der Waals surface area contributed by atoms with E-state index in [0.29, 0.717) is 5.82 Å². The van der Waals surface area contributed by atoms with Gasteiger partial charge in [0, 0.05) is 39.3 Å². The van der Waals surface area contributed by atoms with E-state index in [9.17, 15) is 4.79 Å². The highest BCUT2D eigenvalue weighted by atomic mass is 32.1. The zero-order valence-electron chi connectivity index (χ0n) is 23.0. The number of nitrogens with one attached hydrogen (secondary N) is 3. The third-order valence-corrected chi connectivity index (χ3v) is 5.53. The fourth-order valence-electron chi connectivity index (χ4n) is 3.37. The summed E-state index contributed by atoms with van der Waals surface area (Å²) >= 11 is 4.52. The lowest BCUT2D eigenvalue weighted by atomic mass is 10.1. The molecule has 0 amide bonds. The van der Waals surface area contributed by atoms with E-state index in [2.05, 4.69) is 98.6 Å². The maximum absolute atomic E-state index is 10.1. The Morgan fingerprint density at radius 2 is 1.35 bits per heavy atom. The molecule has 11 N–H and O–H groups in total. The quantitative estimate of drug-likeness (QED) is 0.109. The molecule has 0 bridgehead atoms. The van der Waals surface area contributed by atoms with Crippen LogP contribution in [0.5, 0.6) is 0 Å². The van der Waals surface area contributed by atoms with Gasteiger partial charge in [-0.2, -0.15) is 0 Å². The van der Waals surface area contributed by atoms with Crippen LogP contribution < -0.4 is 43.7 Å². The number of nitrogens with zero attached hydrogens (tertiary/aromatic N) is 15. The second kappa shape index (κ2) is 17.6. The topological polar surface area (TPSA) is 339 Å². The number of hydrogen-bond donors (Lipinski definition) is 7. The van der Waals surface area contributed by atoms with Crippen LogP contribution in [0.4, 0.5) is 29.6 Å². The average Bonchev–Trinajstić information content (AvgIpc) is 3.06. The summed E-state index contributed by atoms with van der Waals surface area (Å²) in [5.74, 6) is 2.20. The van der Waals surface area contributed by atoms with Crippen LogP contribution in [-0.2, 0) is 6.54 Å². The van der Waals surface area contributed by atoms with Gasteiger partial charge in [0.1, 0.15) is 0 Å². The molecule has 2 aliphatic heterocycles. The highest BCUT2D eigenvalue weighted by Gasteiger charge is 2.16. The first kappa shape index (κ1) is 32.3. The molecule has 6 rings (SSSR count). The number of hydrogen-bond acceptors (Lipinski definition) is 22. The Hall–Kier alpha value is -5.23. The van der Waals surface area contributed by atoms with Crippen LogP contribution in [0.1, 0.15) is 25.1 Å². The Morgan fingerprint density at radius 1 is 0.721 bits per heavy atom. The van der Waals surface area contributed by atoms with Gasteiger partial charge in [-0.1, -0.05) is 5.10 Å². The molecular weight excluding hydrogens is 584 g/mol. The minimum Gasteiger partial charge on any atom is -0.365 e. The summed E-state index contributed by atoms with van der Waals surface area (Å²) in [4.78, 5) is 19.0. The van der Waals surface area contributed by atoms with Gasteiger partial charge in [-0.15, -0.1) is 56.1 Å². The van der Waals surface area contributed by atoms with Gasteiger partial charge < -0.3 is 38.1 Å². The van der Waals surface area contributed by atoms with Crippen LogP contribution >= 0.6 is 12.2 Å². The number of aromatic nitrogens is 15. The second-order valence-corrected chi connectivity index (χ2v) is 8.84. The van der Waals surface area contributed by atoms with Crippen molar-refractivity contribution in [2.24, 2.45) is 5.73 Å². The number of nitrogens with two attached hydrogens (primary N) is 4. The van der Waals surface area contributed by atoms with E-state index >= 15 is 0 Å². The Kier molecular flexibility index (Phi) is 13.2. The SMILES string of the molecule is NCc1nnc(N)nn1.Nc1nnc(=O)[nH]n1.Nc1nnc(=S)[nH]n1.c1nc(N2CCCCC2)nnc1N1CCNCC1. The maximum Gasteiger partial charge on any atom is 0.380 e. The van der Waals surface area contributed by atoms with E-state index in [1.54, 1.807) is 0 Å². The third kappa shape index (κ3) is 12.0. The Bertz CT molecular complexity index is 1320. The van der Waals surface area contributed by atoms with Crippen LogP contribution in [0.2, 0.25) is 0 Å². The first-order valence-electron chi connectivity index (χ1n) is 12.9. The van der Waals surface area contributed by atoms with Crippen LogP contribution in [-0.4, -0.2) is 116 Å². The van der Waals surface area contributed by atoms with Crippen molar-refractivity contribution in [1.29, 1.82) is 0 Å². The van der Waals surface area contributed by atoms with Crippen molar-refractivity contribution in [3.63, 3.8) is 0 Å². The van der Waals surface area contributed by atoms with Gasteiger partial charge in [0.25, 0.3) is 17.8 Å². The molecule has 0 radical (unpaired) electrons. The van der Waals surface area contributed by atoms with Crippen molar-refractivity contribution in [2.75, 3.05) is 66.3 Å². The van der Waals surface area contributed by atoms with E-state index in [0.717, 1.165) is 51.0 Å². The molecule has 0 atom stereocenters. The standard InChI is InChI=1S/C12H20N6.C3H6N6.C2H3N5O.C2H3N5S/c1-2-6-18(7-3-1)12-14-10-11(15-16-12)17-8-4-13-5-9-17;4-1-2-6-8-3(5)9-7-2;2*3-1-4-6-2(8)7-5-1/h10,13H,1-9H2;1,4H2,(H2,5,8,9);2*(H2,3,4,5)(H,6,7,8). The highest BCUT2D eigenvalue weighted by Crippen LogP contribution is 2.16. The van der Waals surface area contributed by atoms with Gasteiger partial charge in [-0.25, -0.2) is 20.0 Å². The van der Waals surface area contributed by atoms with Crippen molar-refractivity contribution >= 4 is 41.8 Å². The van der Waals surface area contributed by atoms with Gasteiger partial charge in [0.15, 0.2) is 11.6 Å². The molecule has 2 fully saturated rings. The van der Waals surface area contributed by atoms with Crippen molar-refractivity contribution < 1.29 is 0 Å². The number of H-pyrrole nitrogens is 2. The first-order chi connectivity index (χ1) is 20.8. The number of piperazine rings is 1. The zero-order chi connectivity index (χ0) is 30.9. The highest BCUT2D eigenvalue weighted by molar-refractivity contribution is 7.71. The van der Waals surface area contributed by atoms with Crippen molar-refractivity contribution in [3.8, 4) is 0 Å². The lowest BCUT2D eigenvalue weighted by Crippen LogP contribution is -2.44. The van der Waals surface area contributed by atoms with Crippen LogP contribution in [0.25, 0.3) is 0 Å². The van der Waals surface area contributed by atoms with Gasteiger partial charge in [0.05, 0.1) is 12.7 Å². The Balaban J connectivity index is 0.000000171. The molecule has 230 valence electrons. The van der Waals surface area contributed by atoms with Gasteiger partial charge in [-0.3, -0.25) is 0 Å². The summed E-state index contributed by atoms with van der Waals surface area (Å²) in [6.07, 6.45) is 5.66. The van der Waals surface area contributed by atoms with Crippen LogP contribution in [0, 0.1) is 4.77 Å². The fourth-order valence-corrected chi connectivity index (χ4v) is 3.46. The van der Waals surface area contributed by atoms with E-state index in [4.69, 9.17) is 22.9 Å². The summed E-state index contributed by atoms with van der Waals surface area (Å²) in [6, 6.07) is 0. The lowest BCUT2D eigenvalue weighted by molar-refractivity contribution is 0.561. The number of nitrogen functional groups attached to an aromatic ring is 3. The molecule has 0 spiro atoms. The second-order valence-electron chi connectivity index (χ2n) is 8.45. The molecular formula is C19H32N22OS. The normalized spacial score (nSPS) is 14.2. The van der Waals surface area contributed by atoms with Gasteiger partial charge in [0.2, 0.25) is 10.7 Å². The number of aromatic amines is 2. The van der Waals surface area contributed by atoms with E-state index in [-0.39, 0.29) is 29.2 Å². The molecule has 2 aliphatic rings. The van der Waals surface area contributed by atoms with Crippen molar-refractivity contribution in [2.45, 2.75) is 25.8 Å². The summed E-state index contributed by atoms with van der Waals surface area (Å²) in [5, 5.41) is 49.8. The molecule has 43 heavy (non-hydrogen) atoms. The first-order valence-corrected chi connectivity index (χ1v) is 13.3. The molecule has 6 heterocycles.